The van der Waals surface area contributed by atoms with Gasteiger partial charge in [0.1, 0.15) is 5.69 Å². The van der Waals surface area contributed by atoms with Crippen LogP contribution >= 0.6 is 0 Å². The number of halogens is 3. The van der Waals surface area contributed by atoms with E-state index in [1.807, 2.05) is 30.3 Å². The fourth-order valence-electron chi connectivity index (χ4n) is 4.05. The molecule has 2 aromatic carbocycles. The lowest BCUT2D eigenvalue weighted by atomic mass is 9.92. The first kappa shape index (κ1) is 21.0. The van der Waals surface area contributed by atoms with Crippen LogP contribution in [0.5, 0.6) is 0 Å². The molecular formula is C22H20F3N3O3. The molecule has 1 fully saturated rings. The van der Waals surface area contributed by atoms with Crippen molar-refractivity contribution in [2.75, 3.05) is 13.1 Å². The summed E-state index contributed by atoms with van der Waals surface area (Å²) in [5.74, 6) is -0.414. The highest BCUT2D eigenvalue weighted by molar-refractivity contribution is 5.88. The van der Waals surface area contributed by atoms with Crippen LogP contribution in [0.2, 0.25) is 0 Å². The van der Waals surface area contributed by atoms with Gasteiger partial charge in [-0.05, 0) is 29.3 Å². The number of nitrogens with zero attached hydrogens (tertiary/aromatic N) is 3. The van der Waals surface area contributed by atoms with Gasteiger partial charge >= 0.3 is 6.18 Å². The Bertz CT molecular complexity index is 1130. The van der Waals surface area contributed by atoms with Gasteiger partial charge in [0.15, 0.2) is 0 Å². The zero-order valence-corrected chi connectivity index (χ0v) is 16.5. The molecule has 1 N–H and O–H groups in total. The number of β-amino-alcohol motifs (C(OH)–C–C–N with tert-alkyl or cyclic N) is 1. The Kier molecular flexibility index (Phi) is 5.30. The van der Waals surface area contributed by atoms with Crippen LogP contribution in [0.1, 0.15) is 24.0 Å². The number of aromatic nitrogens is 1. The summed E-state index contributed by atoms with van der Waals surface area (Å²) < 4.78 is 44.2. The highest BCUT2D eigenvalue weighted by Gasteiger charge is 2.57. The SMILES string of the molecule is O=Nc1ccc2c(C(O)(CN3CCCC3=O)C(F)(F)F)cn(Cc3ccccc3)c2c1. The lowest BCUT2D eigenvalue weighted by molar-refractivity contribution is -0.269. The van der Waals surface area contributed by atoms with Crippen LogP contribution in [0, 0.1) is 4.91 Å². The minimum absolute atomic E-state index is 0.0664. The molecule has 0 aliphatic carbocycles. The number of carbonyl (C=O) groups excluding carboxylic acids is 1. The van der Waals surface area contributed by atoms with Crippen molar-refractivity contribution in [2.45, 2.75) is 31.2 Å². The van der Waals surface area contributed by atoms with Crippen molar-refractivity contribution >= 4 is 22.5 Å². The van der Waals surface area contributed by atoms with Gasteiger partial charge in [-0.3, -0.25) is 4.79 Å². The average Bonchev–Trinajstić information content (AvgIpc) is 3.31. The first-order valence-electron chi connectivity index (χ1n) is 9.80. The standard InChI is InChI=1S/C22H20F3N3O3/c23-22(24,25)21(30,14-27-10-4-7-20(27)29)18-13-28(12-15-5-2-1-3-6-15)19-11-16(26-31)8-9-17(18)19/h1-3,5-6,8-9,11,13,30H,4,7,10,12,14H2. The molecular weight excluding hydrogens is 411 g/mol. The van der Waals surface area contributed by atoms with E-state index in [9.17, 15) is 28.0 Å². The molecule has 0 spiro atoms. The highest BCUT2D eigenvalue weighted by atomic mass is 19.4. The Morgan fingerprint density at radius 2 is 1.84 bits per heavy atom. The summed E-state index contributed by atoms with van der Waals surface area (Å²) >= 11 is 0. The molecule has 0 radical (unpaired) electrons. The Balaban J connectivity index is 1.87. The Morgan fingerprint density at radius 3 is 2.45 bits per heavy atom. The molecule has 2 heterocycles. The monoisotopic (exact) mass is 431 g/mol. The maximum atomic E-state index is 14.2. The third kappa shape index (κ3) is 3.81. The van der Waals surface area contributed by atoms with Crippen molar-refractivity contribution in [1.29, 1.82) is 0 Å². The van der Waals surface area contributed by atoms with Crippen LogP contribution in [-0.4, -0.2) is 39.7 Å². The second-order valence-corrected chi connectivity index (χ2v) is 7.73. The number of carbonyl (C=O) groups is 1. The van der Waals surface area contributed by atoms with Crippen molar-refractivity contribution in [1.82, 2.24) is 9.47 Å². The van der Waals surface area contributed by atoms with Gasteiger partial charge in [0.25, 0.3) is 0 Å². The second kappa shape index (κ2) is 7.81. The largest absolute Gasteiger partial charge is 0.423 e. The lowest BCUT2D eigenvalue weighted by Crippen LogP contribution is -2.51. The summed E-state index contributed by atoms with van der Waals surface area (Å²) in [4.78, 5) is 24.1. The van der Waals surface area contributed by atoms with E-state index < -0.39 is 24.2 Å². The Morgan fingerprint density at radius 1 is 1.10 bits per heavy atom. The van der Waals surface area contributed by atoms with E-state index >= 15 is 0 Å². The predicted octanol–water partition coefficient (Wildman–Crippen LogP) is 4.46. The quantitative estimate of drug-likeness (QED) is 0.586. The lowest BCUT2D eigenvalue weighted by Gasteiger charge is -2.34. The number of rotatable bonds is 6. The predicted molar refractivity (Wildman–Crippen MR) is 109 cm³/mol. The average molecular weight is 431 g/mol. The summed E-state index contributed by atoms with van der Waals surface area (Å²) in [6, 6.07) is 13.2. The number of nitroso groups, excluding NO2 is 1. The maximum Gasteiger partial charge on any atom is 0.423 e. The molecule has 0 saturated carbocycles. The van der Waals surface area contributed by atoms with Crippen molar-refractivity contribution in [3.63, 3.8) is 0 Å². The summed E-state index contributed by atoms with van der Waals surface area (Å²) in [6.45, 7) is -0.483. The number of alkyl halides is 3. The minimum atomic E-state index is -5.02. The summed E-state index contributed by atoms with van der Waals surface area (Å²) in [5, 5.41) is 14.0. The Labute approximate surface area is 175 Å². The fourth-order valence-corrected chi connectivity index (χ4v) is 4.05. The van der Waals surface area contributed by atoms with Gasteiger partial charge in [0.2, 0.25) is 11.5 Å². The number of benzene rings is 2. The first-order chi connectivity index (χ1) is 14.7. The van der Waals surface area contributed by atoms with Gasteiger partial charge in [0, 0.05) is 36.7 Å². The molecule has 9 heteroatoms. The van der Waals surface area contributed by atoms with E-state index in [-0.39, 0.29) is 36.1 Å². The fraction of sp³-hybridized carbons (Fsp3) is 0.318. The highest BCUT2D eigenvalue weighted by Crippen LogP contribution is 2.44. The van der Waals surface area contributed by atoms with Gasteiger partial charge in [-0.15, -0.1) is 4.91 Å². The van der Waals surface area contributed by atoms with Crippen molar-refractivity contribution < 1.29 is 23.1 Å². The van der Waals surface area contributed by atoms with Crippen LogP contribution in [-0.2, 0) is 16.9 Å². The van der Waals surface area contributed by atoms with E-state index in [1.165, 1.54) is 24.4 Å². The number of hydrogen-bond donors (Lipinski definition) is 1. The zero-order chi connectivity index (χ0) is 22.2. The molecule has 1 amide bonds. The van der Waals surface area contributed by atoms with Gasteiger partial charge in [-0.25, -0.2) is 0 Å². The van der Waals surface area contributed by atoms with E-state index in [0.29, 0.717) is 11.9 Å². The minimum Gasteiger partial charge on any atom is -0.375 e. The topological polar surface area (TPSA) is 74.9 Å². The van der Waals surface area contributed by atoms with Crippen molar-refractivity contribution in [3.8, 4) is 0 Å². The molecule has 1 unspecified atom stereocenters. The van der Waals surface area contributed by atoms with Gasteiger partial charge in [-0.1, -0.05) is 36.4 Å². The smallest absolute Gasteiger partial charge is 0.375 e. The van der Waals surface area contributed by atoms with Crippen LogP contribution < -0.4 is 0 Å². The van der Waals surface area contributed by atoms with Gasteiger partial charge in [0.05, 0.1) is 12.1 Å². The first-order valence-corrected chi connectivity index (χ1v) is 9.80. The zero-order valence-electron chi connectivity index (χ0n) is 16.5. The number of amides is 1. The second-order valence-electron chi connectivity index (χ2n) is 7.73. The molecule has 3 aromatic rings. The van der Waals surface area contributed by atoms with Gasteiger partial charge < -0.3 is 14.6 Å². The summed E-state index contributed by atoms with van der Waals surface area (Å²) in [6.07, 6.45) is -3.15. The van der Waals surface area contributed by atoms with Gasteiger partial charge in [-0.2, -0.15) is 13.2 Å². The van der Waals surface area contributed by atoms with Crippen LogP contribution in [0.4, 0.5) is 18.9 Å². The molecule has 31 heavy (non-hydrogen) atoms. The van der Waals surface area contributed by atoms with E-state index in [1.54, 1.807) is 4.57 Å². The molecule has 1 aliphatic heterocycles. The summed E-state index contributed by atoms with van der Waals surface area (Å²) in [7, 11) is 0. The molecule has 1 atom stereocenters. The van der Waals surface area contributed by atoms with Crippen LogP contribution in [0.3, 0.4) is 0 Å². The van der Waals surface area contributed by atoms with Crippen LogP contribution in [0.15, 0.2) is 59.9 Å². The van der Waals surface area contributed by atoms with E-state index in [0.717, 1.165) is 10.5 Å². The molecule has 6 nitrogen and oxygen atoms in total. The maximum absolute atomic E-state index is 14.2. The molecule has 162 valence electrons. The van der Waals surface area contributed by atoms with E-state index in [4.69, 9.17) is 0 Å². The molecule has 1 aliphatic rings. The Hall–Kier alpha value is -3.20. The number of aliphatic hydroxyl groups is 1. The molecule has 0 bridgehead atoms. The summed E-state index contributed by atoms with van der Waals surface area (Å²) in [5.41, 5.74) is -2.38. The third-order valence-electron chi connectivity index (χ3n) is 5.67. The molecule has 4 rings (SSSR count). The third-order valence-corrected chi connectivity index (χ3v) is 5.67. The molecule has 1 aromatic heterocycles. The number of fused-ring (bicyclic) bond motifs is 1. The number of hydrogen-bond acceptors (Lipinski definition) is 4. The van der Waals surface area contributed by atoms with Crippen molar-refractivity contribution in [3.05, 3.63) is 70.8 Å². The van der Waals surface area contributed by atoms with Crippen LogP contribution in [0.25, 0.3) is 10.9 Å². The normalized spacial score (nSPS) is 16.6. The molecule has 1 saturated heterocycles. The number of likely N-dealkylation sites (tertiary alicyclic amines) is 1. The van der Waals surface area contributed by atoms with Crippen molar-refractivity contribution in [2.24, 2.45) is 5.18 Å². The van der Waals surface area contributed by atoms with E-state index in [2.05, 4.69) is 5.18 Å².